The van der Waals surface area contributed by atoms with E-state index >= 15 is 0 Å². The maximum Gasteiger partial charge on any atom is 0.346 e. The number of rotatable bonds is 3. The maximum atomic E-state index is 12.1. The second kappa shape index (κ2) is 5.13. The third kappa shape index (κ3) is 2.68. The van der Waals surface area contributed by atoms with Crippen LogP contribution in [0.3, 0.4) is 0 Å². The van der Waals surface area contributed by atoms with Gasteiger partial charge in [-0.2, -0.15) is 5.10 Å². The predicted molar refractivity (Wildman–Crippen MR) is 75.8 cm³/mol. The van der Waals surface area contributed by atoms with E-state index in [0.717, 1.165) is 15.0 Å². The van der Waals surface area contributed by atoms with Crippen LogP contribution in [0.25, 0.3) is 0 Å². The van der Waals surface area contributed by atoms with Crippen molar-refractivity contribution in [2.24, 2.45) is 5.10 Å². The van der Waals surface area contributed by atoms with Gasteiger partial charge in [-0.05, 0) is 31.0 Å². The first-order chi connectivity index (χ1) is 8.96. The topological polar surface area (TPSA) is 61.8 Å². The van der Waals surface area contributed by atoms with Crippen LogP contribution in [0.1, 0.15) is 25.8 Å². The van der Waals surface area contributed by atoms with E-state index in [1.54, 1.807) is 6.92 Å². The molecule has 0 aliphatic carbocycles. The summed E-state index contributed by atoms with van der Waals surface area (Å²) in [5, 5.41) is 7.49. The molecule has 0 spiro atoms. The summed E-state index contributed by atoms with van der Waals surface area (Å²) >= 11 is 3.35. The number of hydrazone groups is 1. The first-order valence-corrected chi connectivity index (χ1v) is 6.72. The highest BCUT2D eigenvalue weighted by Gasteiger charge is 2.46. The molecule has 0 aromatic heterocycles. The van der Waals surface area contributed by atoms with Crippen LogP contribution in [-0.2, 0) is 4.79 Å². The molecule has 19 heavy (non-hydrogen) atoms. The largest absolute Gasteiger partial charge is 0.346 e. The first kappa shape index (κ1) is 13.7. The molecule has 1 heterocycles. The average Bonchev–Trinajstić information content (AvgIpc) is 2.59. The van der Waals surface area contributed by atoms with Crippen LogP contribution < -0.4 is 5.32 Å². The molecule has 0 saturated carbocycles. The third-order valence-corrected chi connectivity index (χ3v) is 3.61. The first-order valence-electron chi connectivity index (χ1n) is 5.92. The number of benzene rings is 1. The van der Waals surface area contributed by atoms with Crippen LogP contribution in [0.4, 0.5) is 4.79 Å². The van der Waals surface area contributed by atoms with Gasteiger partial charge in [0.15, 0.2) is 0 Å². The van der Waals surface area contributed by atoms with Crippen LogP contribution in [0.5, 0.6) is 0 Å². The summed E-state index contributed by atoms with van der Waals surface area (Å²) in [4.78, 5) is 23.8. The molecular weight excluding hydrogens is 310 g/mol. The summed E-state index contributed by atoms with van der Waals surface area (Å²) in [5.41, 5.74) is -0.0498. The van der Waals surface area contributed by atoms with E-state index in [0.29, 0.717) is 6.42 Å². The molecule has 100 valence electrons. The number of nitrogens with one attached hydrogen (secondary N) is 1. The van der Waals surface area contributed by atoms with Crippen LogP contribution in [0, 0.1) is 0 Å². The van der Waals surface area contributed by atoms with E-state index in [-0.39, 0.29) is 5.91 Å². The fourth-order valence-electron chi connectivity index (χ4n) is 1.72. The number of carbonyl (C=O) groups excluding carboxylic acids is 2. The Balaban J connectivity index is 2.20. The van der Waals surface area contributed by atoms with Gasteiger partial charge in [0.1, 0.15) is 5.54 Å². The van der Waals surface area contributed by atoms with E-state index in [4.69, 9.17) is 0 Å². The number of halogens is 1. The molecule has 1 N–H and O–H groups in total. The minimum Gasteiger partial charge on any atom is -0.322 e. The number of carbonyl (C=O) groups is 2. The molecule has 1 unspecified atom stereocenters. The van der Waals surface area contributed by atoms with Gasteiger partial charge in [-0.3, -0.25) is 4.79 Å². The second-order valence-electron chi connectivity index (χ2n) is 4.53. The summed E-state index contributed by atoms with van der Waals surface area (Å²) < 4.78 is 0.909. The lowest BCUT2D eigenvalue weighted by atomic mass is 10.00. The summed E-state index contributed by atoms with van der Waals surface area (Å²) in [7, 11) is 0. The Bertz CT molecular complexity index is 559. The number of hydrogen-bond donors (Lipinski definition) is 1. The summed E-state index contributed by atoms with van der Waals surface area (Å²) in [6, 6.07) is 6.94. The standard InChI is InChI=1S/C13H14BrN3O2/c1-3-13(2)11(18)17(12(19)16-13)15-8-9-5-4-6-10(14)7-9/h4-8H,3H2,1-2H3,(H,16,19). The Hall–Kier alpha value is -1.69. The van der Waals surface area contributed by atoms with E-state index in [1.165, 1.54) is 6.21 Å². The van der Waals surface area contributed by atoms with Crippen molar-refractivity contribution in [2.45, 2.75) is 25.8 Å². The molecule has 1 aromatic rings. The molecule has 2 rings (SSSR count). The van der Waals surface area contributed by atoms with Crippen molar-refractivity contribution in [3.8, 4) is 0 Å². The second-order valence-corrected chi connectivity index (χ2v) is 5.45. The molecule has 0 radical (unpaired) electrons. The molecule has 1 fully saturated rings. The average molecular weight is 324 g/mol. The minimum absolute atomic E-state index is 0.328. The Morgan fingerprint density at radius 3 is 2.79 bits per heavy atom. The zero-order valence-electron chi connectivity index (χ0n) is 10.7. The Morgan fingerprint density at radius 2 is 2.21 bits per heavy atom. The SMILES string of the molecule is CCC1(C)NC(=O)N(N=Cc2cccc(Br)c2)C1=O. The molecule has 1 aromatic carbocycles. The van der Waals surface area contributed by atoms with E-state index in [2.05, 4.69) is 26.3 Å². The van der Waals surface area contributed by atoms with Crippen molar-refractivity contribution in [1.29, 1.82) is 0 Å². The molecule has 1 aliphatic rings. The van der Waals surface area contributed by atoms with Crippen LogP contribution >= 0.6 is 15.9 Å². The van der Waals surface area contributed by atoms with Crippen LogP contribution in [-0.4, -0.2) is 28.7 Å². The van der Waals surface area contributed by atoms with E-state index in [9.17, 15) is 9.59 Å². The highest BCUT2D eigenvalue weighted by Crippen LogP contribution is 2.21. The number of urea groups is 1. The quantitative estimate of drug-likeness (QED) is 0.686. The lowest BCUT2D eigenvalue weighted by Gasteiger charge is -2.17. The van der Waals surface area contributed by atoms with Crippen LogP contribution in [0.15, 0.2) is 33.8 Å². The monoisotopic (exact) mass is 323 g/mol. The zero-order valence-corrected chi connectivity index (χ0v) is 12.3. The molecule has 1 aliphatic heterocycles. The van der Waals surface area contributed by atoms with Gasteiger partial charge in [-0.25, -0.2) is 4.79 Å². The fraction of sp³-hybridized carbons (Fsp3) is 0.308. The summed E-state index contributed by atoms with van der Waals surface area (Å²) in [5.74, 6) is -0.328. The Labute approximate surface area is 119 Å². The van der Waals surface area contributed by atoms with Crippen molar-refractivity contribution < 1.29 is 9.59 Å². The van der Waals surface area contributed by atoms with Crippen LogP contribution in [0.2, 0.25) is 0 Å². The minimum atomic E-state index is -0.855. The molecule has 3 amide bonds. The lowest BCUT2D eigenvalue weighted by molar-refractivity contribution is -0.130. The smallest absolute Gasteiger partial charge is 0.322 e. The van der Waals surface area contributed by atoms with Gasteiger partial charge in [-0.1, -0.05) is 35.0 Å². The van der Waals surface area contributed by atoms with E-state index < -0.39 is 11.6 Å². The number of hydrogen-bond acceptors (Lipinski definition) is 3. The Kier molecular flexibility index (Phi) is 3.71. The fourth-order valence-corrected chi connectivity index (χ4v) is 2.14. The lowest BCUT2D eigenvalue weighted by Crippen LogP contribution is -2.42. The molecule has 1 saturated heterocycles. The maximum absolute atomic E-state index is 12.1. The number of nitrogens with zero attached hydrogens (tertiary/aromatic N) is 2. The van der Waals surface area contributed by atoms with E-state index in [1.807, 2.05) is 31.2 Å². The molecule has 0 bridgehead atoms. The normalized spacial score (nSPS) is 23.2. The van der Waals surface area contributed by atoms with Crippen molar-refractivity contribution in [1.82, 2.24) is 10.3 Å². The van der Waals surface area contributed by atoms with Gasteiger partial charge < -0.3 is 5.32 Å². The number of imide groups is 1. The third-order valence-electron chi connectivity index (χ3n) is 3.12. The van der Waals surface area contributed by atoms with Crippen molar-refractivity contribution >= 4 is 34.1 Å². The van der Waals surface area contributed by atoms with Crippen molar-refractivity contribution in [3.63, 3.8) is 0 Å². The van der Waals surface area contributed by atoms with Gasteiger partial charge >= 0.3 is 6.03 Å². The highest BCUT2D eigenvalue weighted by molar-refractivity contribution is 9.10. The molecule has 1 atom stereocenters. The molecule has 6 heteroatoms. The number of amides is 3. The Morgan fingerprint density at radius 1 is 1.47 bits per heavy atom. The molecule has 5 nitrogen and oxygen atoms in total. The van der Waals surface area contributed by atoms with Gasteiger partial charge in [-0.15, -0.1) is 5.01 Å². The summed E-state index contributed by atoms with van der Waals surface area (Å²) in [6.07, 6.45) is 2.02. The van der Waals surface area contributed by atoms with Crippen molar-refractivity contribution in [2.75, 3.05) is 0 Å². The predicted octanol–water partition coefficient (Wildman–Crippen LogP) is 2.50. The van der Waals surface area contributed by atoms with Gasteiger partial charge in [0.25, 0.3) is 5.91 Å². The van der Waals surface area contributed by atoms with Gasteiger partial charge in [0.2, 0.25) is 0 Å². The summed E-state index contributed by atoms with van der Waals surface area (Å²) in [6.45, 7) is 3.54. The van der Waals surface area contributed by atoms with Gasteiger partial charge in [0, 0.05) is 4.47 Å². The van der Waals surface area contributed by atoms with Crippen molar-refractivity contribution in [3.05, 3.63) is 34.3 Å². The van der Waals surface area contributed by atoms with Gasteiger partial charge in [0.05, 0.1) is 6.21 Å². The molecular formula is C13H14BrN3O2. The highest BCUT2D eigenvalue weighted by atomic mass is 79.9. The zero-order chi connectivity index (χ0) is 14.0.